The average Bonchev–Trinajstić information content (AvgIpc) is 3.64. The second-order valence-electron chi connectivity index (χ2n) is 11.0. The van der Waals surface area contributed by atoms with E-state index in [1.807, 2.05) is 17.8 Å². The number of nitrogens with zero attached hydrogens (tertiary/aromatic N) is 5. The number of rotatable bonds is 6. The van der Waals surface area contributed by atoms with E-state index in [0.29, 0.717) is 51.6 Å². The van der Waals surface area contributed by atoms with Gasteiger partial charge in [0.2, 0.25) is 0 Å². The standard InChI is InChI=1S/C28H39N7O4/c1-2-35-25-22(19-30-35)24(31-20-9-15-38-16-10-20)21(18-29-25)23-17-28(39-32-23,26(36)33-11-5-3-6-12-33)27(37)34-13-7-4-8-14-34/h17-20,32H,2-16H2,1H3,(H,29,31). The van der Waals surface area contributed by atoms with Gasteiger partial charge in [-0.1, -0.05) is 0 Å². The first-order valence-electron chi connectivity index (χ1n) is 14.6. The van der Waals surface area contributed by atoms with Crippen molar-refractivity contribution in [2.75, 3.05) is 44.7 Å². The van der Waals surface area contributed by atoms with Crippen molar-refractivity contribution in [2.24, 2.45) is 0 Å². The predicted molar refractivity (Wildman–Crippen MR) is 146 cm³/mol. The van der Waals surface area contributed by atoms with Crippen LogP contribution in [0.3, 0.4) is 0 Å². The van der Waals surface area contributed by atoms with E-state index in [-0.39, 0.29) is 17.9 Å². The molecule has 39 heavy (non-hydrogen) atoms. The number of likely N-dealkylation sites (tertiary alicyclic amines) is 2. The third-order valence-electron chi connectivity index (χ3n) is 8.42. The number of hydrogen-bond donors (Lipinski definition) is 2. The van der Waals surface area contributed by atoms with Gasteiger partial charge in [0.15, 0.2) is 5.65 Å². The van der Waals surface area contributed by atoms with Crippen molar-refractivity contribution in [2.45, 2.75) is 76.5 Å². The fourth-order valence-corrected chi connectivity index (χ4v) is 6.16. The molecule has 4 aliphatic rings. The first kappa shape index (κ1) is 26.1. The molecular formula is C28H39N7O4. The molecule has 6 heterocycles. The zero-order valence-corrected chi connectivity index (χ0v) is 22.8. The van der Waals surface area contributed by atoms with Crippen LogP contribution >= 0.6 is 0 Å². The zero-order valence-electron chi connectivity index (χ0n) is 22.8. The minimum Gasteiger partial charge on any atom is -0.381 e. The molecule has 11 nitrogen and oxygen atoms in total. The molecule has 0 spiro atoms. The highest BCUT2D eigenvalue weighted by Gasteiger charge is 2.54. The minimum atomic E-state index is -1.73. The van der Waals surface area contributed by atoms with Crippen LogP contribution in [0.2, 0.25) is 0 Å². The second-order valence-corrected chi connectivity index (χ2v) is 11.0. The van der Waals surface area contributed by atoms with E-state index in [1.165, 1.54) is 0 Å². The van der Waals surface area contributed by atoms with Crippen LogP contribution in [0.15, 0.2) is 18.5 Å². The van der Waals surface area contributed by atoms with Crippen molar-refractivity contribution >= 4 is 34.2 Å². The van der Waals surface area contributed by atoms with Gasteiger partial charge in [-0.3, -0.25) is 15.1 Å². The SMILES string of the molecule is CCn1ncc2c(NC3CCOCC3)c(C3=CC(C(=O)N4CCCCC4)(C(=O)N4CCCCC4)ON3)cnc21. The highest BCUT2D eigenvalue weighted by Crippen LogP contribution is 2.37. The summed E-state index contributed by atoms with van der Waals surface area (Å²) in [6.07, 6.45) is 13.0. The van der Waals surface area contributed by atoms with Gasteiger partial charge < -0.3 is 19.9 Å². The Morgan fingerprint density at radius 2 is 1.64 bits per heavy atom. The Hall–Kier alpha value is -3.18. The molecular weight excluding hydrogens is 498 g/mol. The number of fused-ring (bicyclic) bond motifs is 1. The molecule has 0 atom stereocenters. The lowest BCUT2D eigenvalue weighted by atomic mass is 9.94. The van der Waals surface area contributed by atoms with Crippen LogP contribution in [0.1, 0.15) is 63.9 Å². The summed E-state index contributed by atoms with van der Waals surface area (Å²) in [7, 11) is 0. The molecule has 0 unspecified atom stereocenters. The third-order valence-corrected chi connectivity index (χ3v) is 8.42. The number of ether oxygens (including phenoxy) is 1. The molecule has 0 aromatic carbocycles. The van der Waals surface area contributed by atoms with Crippen LogP contribution in [-0.4, -0.2) is 87.4 Å². The first-order chi connectivity index (χ1) is 19.1. The second kappa shape index (κ2) is 11.1. The Kier molecular flexibility index (Phi) is 7.44. The maximum Gasteiger partial charge on any atom is 0.272 e. The number of hydroxylamine groups is 1. The molecule has 3 fully saturated rings. The Balaban J connectivity index is 1.42. The quantitative estimate of drug-likeness (QED) is 0.541. The van der Waals surface area contributed by atoms with Crippen LogP contribution in [0, 0.1) is 0 Å². The lowest BCUT2D eigenvalue weighted by Crippen LogP contribution is -2.60. The van der Waals surface area contributed by atoms with Crippen LogP contribution in [0.5, 0.6) is 0 Å². The Labute approximate surface area is 228 Å². The van der Waals surface area contributed by atoms with E-state index in [2.05, 4.69) is 15.9 Å². The smallest absolute Gasteiger partial charge is 0.272 e. The van der Waals surface area contributed by atoms with Crippen LogP contribution in [0.4, 0.5) is 5.69 Å². The average molecular weight is 538 g/mol. The molecule has 3 saturated heterocycles. The zero-order chi connectivity index (χ0) is 26.8. The number of pyridine rings is 1. The molecule has 4 aliphatic heterocycles. The molecule has 0 radical (unpaired) electrons. The number of hydrogen-bond acceptors (Lipinski definition) is 8. The summed E-state index contributed by atoms with van der Waals surface area (Å²) in [6, 6.07) is 0.228. The normalized spacial score (nSPS) is 22.0. The molecule has 210 valence electrons. The minimum absolute atomic E-state index is 0.228. The molecule has 2 amide bonds. The maximum atomic E-state index is 14.1. The summed E-state index contributed by atoms with van der Waals surface area (Å²) in [4.78, 5) is 42.5. The Bertz CT molecular complexity index is 1210. The van der Waals surface area contributed by atoms with Gasteiger partial charge >= 0.3 is 0 Å². The Morgan fingerprint density at radius 3 is 2.26 bits per heavy atom. The van der Waals surface area contributed by atoms with Gasteiger partial charge in [0.1, 0.15) is 0 Å². The van der Waals surface area contributed by atoms with Crippen molar-refractivity contribution in [1.29, 1.82) is 0 Å². The van der Waals surface area contributed by atoms with Gasteiger partial charge in [-0.25, -0.2) is 14.5 Å². The highest BCUT2D eigenvalue weighted by atomic mass is 16.7. The van der Waals surface area contributed by atoms with E-state index in [4.69, 9.17) is 14.6 Å². The maximum absolute atomic E-state index is 14.1. The summed E-state index contributed by atoms with van der Waals surface area (Å²) in [5, 5.41) is 9.15. The van der Waals surface area contributed by atoms with E-state index >= 15 is 0 Å². The molecule has 0 saturated carbocycles. The molecule has 0 aliphatic carbocycles. The lowest BCUT2D eigenvalue weighted by molar-refractivity contribution is -0.171. The monoisotopic (exact) mass is 537 g/mol. The number of aryl methyl sites for hydroxylation is 1. The van der Waals surface area contributed by atoms with Gasteiger partial charge in [-0.05, 0) is 64.4 Å². The van der Waals surface area contributed by atoms with E-state index in [1.54, 1.807) is 22.1 Å². The summed E-state index contributed by atoms with van der Waals surface area (Å²) < 4.78 is 7.44. The number of nitrogens with one attached hydrogen (secondary N) is 2. The molecule has 2 aromatic rings. The molecule has 11 heteroatoms. The van der Waals surface area contributed by atoms with Gasteiger partial charge in [0.05, 0.1) is 23.0 Å². The van der Waals surface area contributed by atoms with E-state index in [9.17, 15) is 9.59 Å². The van der Waals surface area contributed by atoms with Crippen molar-refractivity contribution < 1.29 is 19.2 Å². The topological polar surface area (TPSA) is 114 Å². The Morgan fingerprint density at radius 1 is 1.00 bits per heavy atom. The van der Waals surface area contributed by atoms with Gasteiger partial charge in [-0.2, -0.15) is 5.10 Å². The highest BCUT2D eigenvalue weighted by molar-refractivity contribution is 6.13. The number of piperidine rings is 2. The van der Waals surface area contributed by atoms with Crippen molar-refractivity contribution in [3.63, 3.8) is 0 Å². The summed E-state index contributed by atoms with van der Waals surface area (Å²) in [5.74, 6) is -0.570. The number of amides is 2. The largest absolute Gasteiger partial charge is 0.381 e. The van der Waals surface area contributed by atoms with Crippen LogP contribution in [-0.2, 0) is 25.7 Å². The molecule has 2 aromatic heterocycles. The number of carbonyl (C=O) groups excluding carboxylic acids is 2. The number of anilines is 1. The lowest BCUT2D eigenvalue weighted by Gasteiger charge is -2.37. The fourth-order valence-electron chi connectivity index (χ4n) is 6.16. The van der Waals surface area contributed by atoms with Crippen LogP contribution in [0.25, 0.3) is 16.7 Å². The summed E-state index contributed by atoms with van der Waals surface area (Å²) >= 11 is 0. The predicted octanol–water partition coefficient (Wildman–Crippen LogP) is 2.68. The first-order valence-corrected chi connectivity index (χ1v) is 14.6. The number of aromatic nitrogens is 3. The van der Waals surface area contributed by atoms with Crippen molar-refractivity contribution in [3.05, 3.63) is 24.0 Å². The van der Waals surface area contributed by atoms with Crippen LogP contribution < -0.4 is 10.8 Å². The van der Waals surface area contributed by atoms with Gasteiger partial charge in [-0.15, -0.1) is 0 Å². The van der Waals surface area contributed by atoms with E-state index in [0.717, 1.165) is 73.7 Å². The third kappa shape index (κ3) is 4.86. The fraction of sp³-hybridized carbons (Fsp3) is 0.643. The van der Waals surface area contributed by atoms with E-state index < -0.39 is 5.60 Å². The molecule has 6 rings (SSSR count). The van der Waals surface area contributed by atoms with Crippen molar-refractivity contribution in [1.82, 2.24) is 30.0 Å². The summed E-state index contributed by atoms with van der Waals surface area (Å²) in [5.41, 5.74) is 4.25. The van der Waals surface area contributed by atoms with Crippen molar-refractivity contribution in [3.8, 4) is 0 Å². The van der Waals surface area contributed by atoms with Gasteiger partial charge in [0.25, 0.3) is 17.4 Å². The number of carbonyl (C=O) groups is 2. The molecule has 2 N–H and O–H groups in total. The summed E-state index contributed by atoms with van der Waals surface area (Å²) in [6.45, 7) is 6.71. The molecule has 0 bridgehead atoms. The van der Waals surface area contributed by atoms with Gasteiger partial charge in [0, 0.05) is 63.7 Å².